The van der Waals surface area contributed by atoms with Gasteiger partial charge in [-0.3, -0.25) is 4.79 Å². The van der Waals surface area contributed by atoms with Gasteiger partial charge >= 0.3 is 0 Å². The zero-order valence-corrected chi connectivity index (χ0v) is 10.8. The summed E-state index contributed by atoms with van der Waals surface area (Å²) in [6.45, 7) is 1.79. The minimum Gasteiger partial charge on any atom is -0.505 e. The van der Waals surface area contributed by atoms with Gasteiger partial charge in [0, 0.05) is 11.8 Å². The molecular formula is C14H11ClFNO2. The molecule has 0 aliphatic carbocycles. The van der Waals surface area contributed by atoms with Gasteiger partial charge in [-0.05, 0) is 30.7 Å². The fraction of sp³-hybridized carbons (Fsp3) is 0.0714. The van der Waals surface area contributed by atoms with Crippen LogP contribution in [0, 0.1) is 12.7 Å². The van der Waals surface area contributed by atoms with Crippen molar-refractivity contribution >= 4 is 23.2 Å². The fourth-order valence-electron chi connectivity index (χ4n) is 1.61. The molecule has 3 nitrogen and oxygen atoms in total. The number of phenols is 1. The number of nitrogens with one attached hydrogen (secondary N) is 1. The lowest BCUT2D eigenvalue weighted by molar-refractivity contribution is 0.102. The largest absolute Gasteiger partial charge is 0.505 e. The van der Waals surface area contributed by atoms with Crippen LogP contribution in [-0.2, 0) is 0 Å². The van der Waals surface area contributed by atoms with Crippen LogP contribution in [0.15, 0.2) is 36.4 Å². The molecule has 0 saturated heterocycles. The summed E-state index contributed by atoms with van der Waals surface area (Å²) in [5.41, 5.74) is 1.35. The molecule has 19 heavy (non-hydrogen) atoms. The minimum atomic E-state index is -0.798. The van der Waals surface area contributed by atoms with Crippen LogP contribution in [0.25, 0.3) is 0 Å². The Bertz CT molecular complexity index is 643. The Labute approximate surface area is 114 Å². The number of hydrogen-bond donors (Lipinski definition) is 2. The van der Waals surface area contributed by atoms with Crippen LogP contribution < -0.4 is 5.32 Å². The van der Waals surface area contributed by atoms with Crippen LogP contribution >= 0.6 is 11.6 Å². The van der Waals surface area contributed by atoms with E-state index in [0.717, 1.165) is 11.6 Å². The van der Waals surface area contributed by atoms with Crippen molar-refractivity contribution in [2.45, 2.75) is 6.92 Å². The second kappa shape index (κ2) is 5.28. The highest BCUT2D eigenvalue weighted by Gasteiger charge is 2.12. The smallest absolute Gasteiger partial charge is 0.257 e. The normalized spacial score (nSPS) is 10.3. The predicted octanol–water partition coefficient (Wildman–Crippen LogP) is 3.75. The van der Waals surface area contributed by atoms with Crippen molar-refractivity contribution in [1.82, 2.24) is 0 Å². The molecule has 0 aliphatic rings. The van der Waals surface area contributed by atoms with Gasteiger partial charge in [0.25, 0.3) is 5.91 Å². The molecule has 2 aromatic rings. The highest BCUT2D eigenvalue weighted by atomic mass is 35.5. The zero-order chi connectivity index (χ0) is 14.0. The van der Waals surface area contributed by atoms with Gasteiger partial charge in [-0.1, -0.05) is 23.7 Å². The van der Waals surface area contributed by atoms with Crippen molar-refractivity contribution in [3.63, 3.8) is 0 Å². The first-order valence-corrected chi connectivity index (χ1v) is 5.92. The number of carbonyl (C=O) groups excluding carboxylic acids is 1. The number of halogens is 2. The van der Waals surface area contributed by atoms with Gasteiger partial charge in [0.2, 0.25) is 0 Å². The number of hydrogen-bond acceptors (Lipinski definition) is 2. The molecule has 0 radical (unpaired) electrons. The van der Waals surface area contributed by atoms with Gasteiger partial charge < -0.3 is 10.4 Å². The second-order valence-electron chi connectivity index (χ2n) is 4.06. The number of anilines is 1. The molecule has 0 bridgehead atoms. The molecule has 0 heterocycles. The van der Waals surface area contributed by atoms with Crippen molar-refractivity contribution in [2.75, 3.05) is 5.32 Å². The van der Waals surface area contributed by atoms with Gasteiger partial charge in [0.1, 0.15) is 0 Å². The zero-order valence-electron chi connectivity index (χ0n) is 10.1. The van der Waals surface area contributed by atoms with E-state index in [-0.39, 0.29) is 5.69 Å². The van der Waals surface area contributed by atoms with E-state index in [0.29, 0.717) is 10.6 Å². The topological polar surface area (TPSA) is 49.3 Å². The highest BCUT2D eigenvalue weighted by molar-refractivity contribution is 6.35. The van der Waals surface area contributed by atoms with Crippen LogP contribution in [0.5, 0.6) is 5.75 Å². The summed E-state index contributed by atoms with van der Waals surface area (Å²) in [5, 5.41) is 11.9. The number of aryl methyl sites for hydroxylation is 1. The molecule has 1 amide bonds. The van der Waals surface area contributed by atoms with E-state index in [1.54, 1.807) is 25.1 Å². The maximum Gasteiger partial charge on any atom is 0.257 e. The van der Waals surface area contributed by atoms with Crippen molar-refractivity contribution in [2.24, 2.45) is 0 Å². The Kier molecular flexibility index (Phi) is 3.71. The molecule has 0 spiro atoms. The van der Waals surface area contributed by atoms with E-state index < -0.39 is 17.5 Å². The van der Waals surface area contributed by atoms with Crippen molar-refractivity contribution in [3.05, 3.63) is 58.4 Å². The number of amides is 1. The summed E-state index contributed by atoms with van der Waals surface area (Å²) in [6, 6.07) is 8.70. The van der Waals surface area contributed by atoms with E-state index in [4.69, 9.17) is 16.7 Å². The van der Waals surface area contributed by atoms with E-state index in [1.807, 2.05) is 0 Å². The molecule has 0 fully saturated rings. The second-order valence-corrected chi connectivity index (χ2v) is 4.43. The Morgan fingerprint density at radius 3 is 2.74 bits per heavy atom. The average Bonchev–Trinajstić information content (AvgIpc) is 2.37. The van der Waals surface area contributed by atoms with E-state index in [2.05, 4.69) is 5.32 Å². The molecule has 5 heteroatoms. The summed E-state index contributed by atoms with van der Waals surface area (Å²) >= 11 is 6.04. The third-order valence-electron chi connectivity index (χ3n) is 2.64. The quantitative estimate of drug-likeness (QED) is 0.823. The number of rotatable bonds is 2. The van der Waals surface area contributed by atoms with Gasteiger partial charge in [0.05, 0.1) is 10.6 Å². The number of aromatic hydroxyl groups is 1. The number of carbonyl (C=O) groups is 1. The molecule has 2 aromatic carbocycles. The van der Waals surface area contributed by atoms with Gasteiger partial charge in [0.15, 0.2) is 11.6 Å². The fourth-order valence-corrected chi connectivity index (χ4v) is 1.82. The maximum absolute atomic E-state index is 13.1. The molecule has 0 saturated carbocycles. The lowest BCUT2D eigenvalue weighted by atomic mass is 10.1. The van der Waals surface area contributed by atoms with Gasteiger partial charge in [-0.25, -0.2) is 4.39 Å². The van der Waals surface area contributed by atoms with Crippen LogP contribution in [0.2, 0.25) is 5.02 Å². The monoisotopic (exact) mass is 279 g/mol. The summed E-state index contributed by atoms with van der Waals surface area (Å²) in [4.78, 5) is 12.0. The molecule has 98 valence electrons. The molecule has 0 aliphatic heterocycles. The van der Waals surface area contributed by atoms with E-state index in [1.165, 1.54) is 12.1 Å². The van der Waals surface area contributed by atoms with E-state index in [9.17, 15) is 9.18 Å². The molecule has 2 N–H and O–H groups in total. The summed E-state index contributed by atoms with van der Waals surface area (Å²) in [5.74, 6) is -1.70. The molecule has 0 aromatic heterocycles. The lowest BCUT2D eigenvalue weighted by Gasteiger charge is -2.08. The first-order valence-electron chi connectivity index (χ1n) is 5.54. The molecule has 0 unspecified atom stereocenters. The third kappa shape index (κ3) is 2.85. The third-order valence-corrected chi connectivity index (χ3v) is 3.14. The Hall–Kier alpha value is -2.07. The Morgan fingerprint density at radius 1 is 1.32 bits per heavy atom. The van der Waals surface area contributed by atoms with E-state index >= 15 is 0 Å². The van der Waals surface area contributed by atoms with Crippen LogP contribution in [0.1, 0.15) is 15.9 Å². The van der Waals surface area contributed by atoms with Crippen molar-refractivity contribution < 1.29 is 14.3 Å². The molecular weight excluding hydrogens is 269 g/mol. The molecule has 0 atom stereocenters. The van der Waals surface area contributed by atoms with Crippen molar-refractivity contribution in [1.29, 1.82) is 0 Å². The summed E-state index contributed by atoms with van der Waals surface area (Å²) in [6.07, 6.45) is 0. The van der Waals surface area contributed by atoms with Crippen LogP contribution in [0.3, 0.4) is 0 Å². The first-order chi connectivity index (χ1) is 8.99. The minimum absolute atomic E-state index is 0.248. The maximum atomic E-state index is 13.1. The summed E-state index contributed by atoms with van der Waals surface area (Å²) in [7, 11) is 0. The average molecular weight is 280 g/mol. The first kappa shape index (κ1) is 13.4. The van der Waals surface area contributed by atoms with Crippen LogP contribution in [-0.4, -0.2) is 11.0 Å². The number of phenolic OH excluding ortho intramolecular Hbond substituents is 1. The number of benzene rings is 2. The van der Waals surface area contributed by atoms with Crippen LogP contribution in [0.4, 0.5) is 10.1 Å². The van der Waals surface area contributed by atoms with Crippen molar-refractivity contribution in [3.8, 4) is 5.75 Å². The Balaban J connectivity index is 2.26. The highest BCUT2D eigenvalue weighted by Crippen LogP contribution is 2.23. The SMILES string of the molecule is Cc1cccc(C(=O)Nc2ccc(O)c(F)c2)c1Cl. The standard InChI is InChI=1S/C14H11ClFNO2/c1-8-3-2-4-10(13(8)15)14(19)17-9-5-6-12(18)11(16)7-9/h2-7,18H,1H3,(H,17,19). The Morgan fingerprint density at radius 2 is 2.05 bits per heavy atom. The predicted molar refractivity (Wildman–Crippen MR) is 72.2 cm³/mol. The lowest BCUT2D eigenvalue weighted by Crippen LogP contribution is -2.12. The molecule has 2 rings (SSSR count). The van der Waals surface area contributed by atoms with Gasteiger partial charge in [-0.15, -0.1) is 0 Å². The summed E-state index contributed by atoms with van der Waals surface area (Å²) < 4.78 is 13.1. The van der Waals surface area contributed by atoms with Gasteiger partial charge in [-0.2, -0.15) is 0 Å².